The Morgan fingerprint density at radius 2 is 2.13 bits per heavy atom. The third kappa shape index (κ3) is 3.35. The first kappa shape index (κ1) is 15.5. The Hall–Kier alpha value is -2.40. The maximum absolute atomic E-state index is 11.7. The van der Waals surface area contributed by atoms with E-state index in [-0.39, 0.29) is 11.5 Å². The second-order valence-electron chi connectivity index (χ2n) is 6.09. The first-order valence-electron chi connectivity index (χ1n) is 7.73. The summed E-state index contributed by atoms with van der Waals surface area (Å²) in [5, 5.41) is 0. The molecule has 120 valence electrons. The van der Waals surface area contributed by atoms with Crippen molar-refractivity contribution in [2.24, 2.45) is 0 Å². The average Bonchev–Trinajstić information content (AvgIpc) is 3.02. The summed E-state index contributed by atoms with van der Waals surface area (Å²) >= 11 is 0. The molecule has 2 aromatic heterocycles. The summed E-state index contributed by atoms with van der Waals surface area (Å²) in [4.78, 5) is 21.1. The van der Waals surface area contributed by atoms with E-state index in [1.54, 1.807) is 13.2 Å². The minimum absolute atomic E-state index is 0.138. The Labute approximate surface area is 135 Å². The number of H-pyrrole nitrogens is 1. The van der Waals surface area contributed by atoms with Gasteiger partial charge < -0.3 is 14.3 Å². The predicted octanol–water partition coefficient (Wildman–Crippen LogP) is 2.91. The van der Waals surface area contributed by atoms with Crippen LogP contribution in [0.5, 0.6) is 0 Å². The highest BCUT2D eigenvalue weighted by molar-refractivity contribution is 5.75. The second kappa shape index (κ2) is 6.38. The number of furan rings is 1. The van der Waals surface area contributed by atoms with Gasteiger partial charge in [-0.3, -0.25) is 4.79 Å². The zero-order valence-electron chi connectivity index (χ0n) is 13.7. The summed E-state index contributed by atoms with van der Waals surface area (Å²) in [5.41, 5.74) is 3.06. The van der Waals surface area contributed by atoms with E-state index in [0.717, 1.165) is 35.3 Å². The van der Waals surface area contributed by atoms with E-state index >= 15 is 0 Å². The Kier molecular flexibility index (Phi) is 4.30. The second-order valence-corrected chi connectivity index (χ2v) is 6.09. The Morgan fingerprint density at radius 3 is 2.83 bits per heavy atom. The maximum Gasteiger partial charge on any atom is 0.269 e. The zero-order valence-corrected chi connectivity index (χ0v) is 13.7. The first-order valence-corrected chi connectivity index (χ1v) is 7.73. The standard InChI is InChI=1S/C18H21N3O2/c1-12-18(22)20-15-7-6-13(11-16(15)19-12)14(8-9-21(2)3)17-5-4-10-23-17/h4-7,10-11,14H,8-9H2,1-3H3,(H,20,22). The van der Waals surface area contributed by atoms with Gasteiger partial charge >= 0.3 is 0 Å². The normalized spacial score (nSPS) is 12.9. The minimum atomic E-state index is -0.138. The highest BCUT2D eigenvalue weighted by atomic mass is 16.3. The maximum atomic E-state index is 11.7. The van der Waals surface area contributed by atoms with Gasteiger partial charge in [-0.1, -0.05) is 6.07 Å². The predicted molar refractivity (Wildman–Crippen MR) is 90.8 cm³/mol. The van der Waals surface area contributed by atoms with Crippen molar-refractivity contribution < 1.29 is 4.42 Å². The molecule has 3 aromatic rings. The molecule has 0 amide bonds. The van der Waals surface area contributed by atoms with Gasteiger partial charge in [0.1, 0.15) is 11.5 Å². The minimum Gasteiger partial charge on any atom is -0.469 e. The number of benzene rings is 1. The quantitative estimate of drug-likeness (QED) is 0.787. The van der Waals surface area contributed by atoms with Crippen molar-refractivity contribution >= 4 is 11.0 Å². The van der Waals surface area contributed by atoms with Crippen LogP contribution in [0.2, 0.25) is 0 Å². The lowest BCUT2D eigenvalue weighted by Gasteiger charge is -2.18. The third-order valence-electron chi connectivity index (χ3n) is 4.04. The lowest BCUT2D eigenvalue weighted by Crippen LogP contribution is -2.16. The number of nitrogens with one attached hydrogen (secondary N) is 1. The van der Waals surface area contributed by atoms with E-state index in [1.165, 1.54) is 0 Å². The van der Waals surface area contributed by atoms with Gasteiger partial charge in [-0.2, -0.15) is 0 Å². The molecule has 0 aliphatic carbocycles. The fourth-order valence-corrected chi connectivity index (χ4v) is 2.76. The lowest BCUT2D eigenvalue weighted by atomic mass is 9.92. The van der Waals surface area contributed by atoms with Crippen LogP contribution in [0.4, 0.5) is 0 Å². The number of nitrogens with zero attached hydrogens (tertiary/aromatic N) is 2. The van der Waals surface area contributed by atoms with Gasteiger partial charge in [0.2, 0.25) is 0 Å². The van der Waals surface area contributed by atoms with Crippen LogP contribution >= 0.6 is 0 Å². The van der Waals surface area contributed by atoms with Gasteiger partial charge in [0.25, 0.3) is 5.56 Å². The molecule has 0 aliphatic rings. The molecule has 2 heterocycles. The zero-order chi connectivity index (χ0) is 16.4. The van der Waals surface area contributed by atoms with Crippen LogP contribution < -0.4 is 5.56 Å². The first-order chi connectivity index (χ1) is 11.0. The SMILES string of the molecule is Cc1nc2cc(C(CCN(C)C)c3ccco3)ccc2[nH]c1=O. The summed E-state index contributed by atoms with van der Waals surface area (Å²) in [6.07, 6.45) is 2.66. The summed E-state index contributed by atoms with van der Waals surface area (Å²) in [6.45, 7) is 2.68. The Morgan fingerprint density at radius 1 is 1.30 bits per heavy atom. The van der Waals surface area contributed by atoms with E-state index in [2.05, 4.69) is 29.0 Å². The fraction of sp³-hybridized carbons (Fsp3) is 0.333. The molecule has 0 saturated carbocycles. The van der Waals surface area contributed by atoms with Crippen molar-refractivity contribution in [3.63, 3.8) is 0 Å². The molecule has 0 saturated heterocycles. The number of fused-ring (bicyclic) bond motifs is 1. The molecule has 1 unspecified atom stereocenters. The molecule has 3 rings (SSSR count). The number of aromatic nitrogens is 2. The molecule has 0 fully saturated rings. The van der Waals surface area contributed by atoms with Crippen molar-refractivity contribution in [3.8, 4) is 0 Å². The number of aromatic amines is 1. The smallest absolute Gasteiger partial charge is 0.269 e. The van der Waals surface area contributed by atoms with Crippen molar-refractivity contribution in [2.45, 2.75) is 19.3 Å². The highest BCUT2D eigenvalue weighted by Crippen LogP contribution is 2.30. The summed E-state index contributed by atoms with van der Waals surface area (Å²) in [6, 6.07) is 9.93. The van der Waals surface area contributed by atoms with E-state index in [4.69, 9.17) is 4.42 Å². The van der Waals surface area contributed by atoms with E-state index < -0.39 is 0 Å². The average molecular weight is 311 g/mol. The molecule has 1 N–H and O–H groups in total. The number of hydrogen-bond donors (Lipinski definition) is 1. The molecule has 0 bridgehead atoms. The molecule has 0 aliphatic heterocycles. The van der Waals surface area contributed by atoms with Crippen LogP contribution in [-0.4, -0.2) is 35.5 Å². The van der Waals surface area contributed by atoms with Gasteiger partial charge in [0, 0.05) is 5.92 Å². The number of hydrogen-bond acceptors (Lipinski definition) is 4. The summed E-state index contributed by atoms with van der Waals surface area (Å²) < 4.78 is 5.64. The molecule has 0 radical (unpaired) electrons. The number of aryl methyl sites for hydroxylation is 1. The summed E-state index contributed by atoms with van der Waals surface area (Å²) in [7, 11) is 4.13. The van der Waals surface area contributed by atoms with Gasteiger partial charge in [0.15, 0.2) is 0 Å². The van der Waals surface area contributed by atoms with Crippen molar-refractivity contribution in [1.29, 1.82) is 0 Å². The molecule has 1 atom stereocenters. The van der Waals surface area contributed by atoms with Crippen LogP contribution in [0.1, 0.15) is 29.4 Å². The Balaban J connectivity index is 2.03. The van der Waals surface area contributed by atoms with E-state index in [0.29, 0.717) is 5.69 Å². The van der Waals surface area contributed by atoms with Crippen LogP contribution in [0, 0.1) is 6.92 Å². The molecule has 1 aromatic carbocycles. The van der Waals surface area contributed by atoms with Crippen LogP contribution in [0.3, 0.4) is 0 Å². The molecule has 0 spiro atoms. The summed E-state index contributed by atoms with van der Waals surface area (Å²) in [5.74, 6) is 1.12. The lowest BCUT2D eigenvalue weighted by molar-refractivity contribution is 0.374. The van der Waals surface area contributed by atoms with Crippen LogP contribution in [0.25, 0.3) is 11.0 Å². The van der Waals surface area contributed by atoms with Crippen molar-refractivity contribution in [3.05, 3.63) is 64.0 Å². The van der Waals surface area contributed by atoms with Gasteiger partial charge in [-0.15, -0.1) is 0 Å². The van der Waals surface area contributed by atoms with Crippen molar-refractivity contribution in [1.82, 2.24) is 14.9 Å². The highest BCUT2D eigenvalue weighted by Gasteiger charge is 2.18. The molecular weight excluding hydrogens is 290 g/mol. The number of rotatable bonds is 5. The van der Waals surface area contributed by atoms with Crippen LogP contribution in [0.15, 0.2) is 45.8 Å². The molecule has 23 heavy (non-hydrogen) atoms. The van der Waals surface area contributed by atoms with E-state index in [9.17, 15) is 4.79 Å². The third-order valence-corrected chi connectivity index (χ3v) is 4.04. The monoisotopic (exact) mass is 311 g/mol. The fourth-order valence-electron chi connectivity index (χ4n) is 2.76. The molecular formula is C18H21N3O2. The molecule has 5 nitrogen and oxygen atoms in total. The topological polar surface area (TPSA) is 62.1 Å². The van der Waals surface area contributed by atoms with Crippen LogP contribution in [-0.2, 0) is 0 Å². The van der Waals surface area contributed by atoms with Gasteiger partial charge in [-0.05, 0) is 63.8 Å². The Bertz CT molecular complexity index is 850. The molecule has 5 heteroatoms. The van der Waals surface area contributed by atoms with Gasteiger partial charge in [-0.25, -0.2) is 4.98 Å². The largest absolute Gasteiger partial charge is 0.469 e. The van der Waals surface area contributed by atoms with E-state index in [1.807, 2.05) is 30.3 Å². The van der Waals surface area contributed by atoms with Gasteiger partial charge in [0.05, 0.1) is 17.3 Å². The van der Waals surface area contributed by atoms with Crippen molar-refractivity contribution in [2.75, 3.05) is 20.6 Å².